The van der Waals surface area contributed by atoms with Crippen molar-refractivity contribution in [1.82, 2.24) is 4.90 Å². The summed E-state index contributed by atoms with van der Waals surface area (Å²) in [6.45, 7) is 0.259. The van der Waals surface area contributed by atoms with Crippen molar-refractivity contribution in [3.05, 3.63) is 0 Å². The van der Waals surface area contributed by atoms with Crippen molar-refractivity contribution in [1.29, 1.82) is 0 Å². The number of β-lactam (4-membered cyclic amide) rings is 1. The van der Waals surface area contributed by atoms with E-state index in [2.05, 4.69) is 0 Å². The predicted octanol–water partition coefficient (Wildman–Crippen LogP) is -0.460. The van der Waals surface area contributed by atoms with E-state index < -0.39 is 10.7 Å². The lowest BCUT2D eigenvalue weighted by molar-refractivity contribution is -0.142. The molecule has 2 heterocycles. The van der Waals surface area contributed by atoms with E-state index in [9.17, 15) is 14.7 Å². The van der Waals surface area contributed by atoms with Gasteiger partial charge in [-0.2, -0.15) is 0 Å². The molecule has 2 fully saturated rings. The minimum Gasteiger partial charge on any atom is -0.480 e. The molecule has 0 spiro atoms. The second-order valence-electron chi connectivity index (χ2n) is 3.96. The monoisotopic (exact) mass is 231 g/mol. The highest BCUT2D eigenvalue weighted by Crippen LogP contribution is 2.44. The summed E-state index contributed by atoms with van der Waals surface area (Å²) in [7, 11) is 0. The molecular weight excluding hydrogens is 218 g/mol. The molecule has 2 atom stereocenters. The molecule has 0 saturated carbocycles. The molecule has 0 radical (unpaired) electrons. The molecular formula is C9H13NO4S. The summed E-state index contributed by atoms with van der Waals surface area (Å²) < 4.78 is -0.889. The third kappa shape index (κ3) is 1.61. The van der Waals surface area contributed by atoms with Gasteiger partial charge in [-0.1, -0.05) is 0 Å². The third-order valence-corrected chi connectivity index (χ3v) is 4.43. The van der Waals surface area contributed by atoms with Crippen LogP contribution in [0.2, 0.25) is 0 Å². The normalized spacial score (nSPS) is 33.8. The summed E-state index contributed by atoms with van der Waals surface area (Å²) in [6.07, 6.45) is 0.994. The molecule has 2 unspecified atom stereocenters. The Morgan fingerprint density at radius 2 is 2.40 bits per heavy atom. The molecule has 5 nitrogen and oxygen atoms in total. The minimum atomic E-state index is -0.889. The van der Waals surface area contributed by atoms with Gasteiger partial charge in [0, 0.05) is 24.8 Å². The molecule has 84 valence electrons. The lowest BCUT2D eigenvalue weighted by Gasteiger charge is -2.33. The van der Waals surface area contributed by atoms with Crippen molar-refractivity contribution in [2.24, 2.45) is 0 Å². The third-order valence-electron chi connectivity index (χ3n) is 3.02. The van der Waals surface area contributed by atoms with Gasteiger partial charge in [0.1, 0.15) is 4.75 Å². The highest BCUT2D eigenvalue weighted by atomic mass is 32.2. The predicted molar refractivity (Wildman–Crippen MR) is 54.6 cm³/mol. The molecule has 2 rings (SSSR count). The number of carbonyl (C=O) groups is 2. The van der Waals surface area contributed by atoms with E-state index >= 15 is 0 Å². The molecule has 2 N–H and O–H groups in total. The van der Waals surface area contributed by atoms with E-state index in [1.165, 1.54) is 11.8 Å². The molecule has 6 heteroatoms. The Morgan fingerprint density at radius 3 is 2.87 bits per heavy atom. The van der Waals surface area contributed by atoms with Crippen LogP contribution in [0.5, 0.6) is 0 Å². The maximum Gasteiger partial charge on any atom is 0.321 e. The molecule has 1 amide bonds. The summed E-state index contributed by atoms with van der Waals surface area (Å²) in [4.78, 5) is 24.0. The number of carbonyl (C=O) groups excluding carboxylic acids is 1. The average Bonchev–Trinajstić information content (AvgIpc) is 2.50. The van der Waals surface area contributed by atoms with Gasteiger partial charge < -0.3 is 15.1 Å². The number of carboxylic acid groups (broad SMARTS) is 1. The van der Waals surface area contributed by atoms with Crippen LogP contribution >= 0.6 is 11.8 Å². The van der Waals surface area contributed by atoms with Crippen molar-refractivity contribution < 1.29 is 19.8 Å². The van der Waals surface area contributed by atoms with Crippen LogP contribution in [0.15, 0.2) is 0 Å². The van der Waals surface area contributed by atoms with Gasteiger partial charge in [-0.05, 0) is 6.42 Å². The van der Waals surface area contributed by atoms with Crippen LogP contribution < -0.4 is 0 Å². The van der Waals surface area contributed by atoms with E-state index in [1.807, 2.05) is 0 Å². The maximum absolute atomic E-state index is 11.2. The molecule has 15 heavy (non-hydrogen) atoms. The summed E-state index contributed by atoms with van der Waals surface area (Å²) in [5, 5.41) is 17.9. The SMILES string of the molecule is O=C1CC2CC(SCCO)(C(=O)O)CN12. The zero-order valence-electron chi connectivity index (χ0n) is 8.18. The molecule has 0 aliphatic carbocycles. The van der Waals surface area contributed by atoms with Crippen molar-refractivity contribution in [3.8, 4) is 0 Å². The largest absolute Gasteiger partial charge is 0.480 e. The number of carboxylic acids is 1. The number of nitrogens with zero attached hydrogens (tertiary/aromatic N) is 1. The van der Waals surface area contributed by atoms with Gasteiger partial charge in [0.15, 0.2) is 0 Å². The van der Waals surface area contributed by atoms with Crippen LogP contribution in [0, 0.1) is 0 Å². The van der Waals surface area contributed by atoms with E-state index in [4.69, 9.17) is 5.11 Å². The molecule has 2 aliphatic heterocycles. The van der Waals surface area contributed by atoms with Crippen molar-refractivity contribution in [3.63, 3.8) is 0 Å². The Bertz CT molecular complexity index is 308. The quantitative estimate of drug-likeness (QED) is 0.640. The lowest BCUT2D eigenvalue weighted by atomic mass is 10.00. The van der Waals surface area contributed by atoms with E-state index in [1.54, 1.807) is 4.90 Å². The average molecular weight is 231 g/mol. The zero-order valence-corrected chi connectivity index (χ0v) is 9.00. The topological polar surface area (TPSA) is 77.8 Å². The van der Waals surface area contributed by atoms with Crippen LogP contribution in [0.1, 0.15) is 12.8 Å². The van der Waals surface area contributed by atoms with Crippen molar-refractivity contribution >= 4 is 23.6 Å². The first-order chi connectivity index (χ1) is 7.09. The second-order valence-corrected chi connectivity index (χ2v) is 5.43. The first kappa shape index (κ1) is 10.8. The molecule has 0 aromatic heterocycles. The molecule has 2 aliphatic rings. The smallest absolute Gasteiger partial charge is 0.321 e. The zero-order chi connectivity index (χ0) is 11.1. The van der Waals surface area contributed by atoms with Gasteiger partial charge in [-0.25, -0.2) is 0 Å². The molecule has 0 aromatic carbocycles. The number of aliphatic carboxylic acids is 1. The molecule has 2 saturated heterocycles. The summed E-state index contributed by atoms with van der Waals surface area (Å²) >= 11 is 1.25. The van der Waals surface area contributed by atoms with Crippen LogP contribution in [-0.4, -0.2) is 56.7 Å². The van der Waals surface area contributed by atoms with E-state index in [0.717, 1.165) is 0 Å². The first-order valence-corrected chi connectivity index (χ1v) is 5.85. The van der Waals surface area contributed by atoms with Gasteiger partial charge in [-0.15, -0.1) is 11.8 Å². The number of aliphatic hydroxyl groups is 1. The van der Waals surface area contributed by atoms with Crippen LogP contribution in [-0.2, 0) is 9.59 Å². The van der Waals surface area contributed by atoms with Crippen molar-refractivity contribution in [2.75, 3.05) is 18.9 Å². The minimum absolute atomic E-state index is 0.0295. The van der Waals surface area contributed by atoms with Gasteiger partial charge in [0.25, 0.3) is 0 Å². The Kier molecular flexibility index (Phi) is 2.64. The van der Waals surface area contributed by atoms with Gasteiger partial charge in [0.05, 0.1) is 6.61 Å². The Morgan fingerprint density at radius 1 is 1.67 bits per heavy atom. The first-order valence-electron chi connectivity index (χ1n) is 4.87. The number of rotatable bonds is 4. The Labute approximate surface area is 91.4 Å². The van der Waals surface area contributed by atoms with Gasteiger partial charge >= 0.3 is 5.97 Å². The summed E-state index contributed by atoms with van der Waals surface area (Å²) in [6, 6.07) is 0.111. The number of thioether (sulfide) groups is 1. The van der Waals surface area contributed by atoms with Gasteiger partial charge in [-0.3, -0.25) is 9.59 Å². The number of aliphatic hydroxyl groups excluding tert-OH is 1. The molecule has 0 bridgehead atoms. The number of fused-ring (bicyclic) bond motifs is 1. The lowest BCUT2D eigenvalue weighted by Crippen LogP contribution is -2.48. The summed E-state index contributed by atoms with van der Waals surface area (Å²) in [5.74, 6) is -0.419. The fourth-order valence-corrected chi connectivity index (χ4v) is 3.35. The Balaban J connectivity index is 2.08. The van der Waals surface area contributed by atoms with E-state index in [-0.39, 0.29) is 25.1 Å². The second kappa shape index (κ2) is 3.68. The van der Waals surface area contributed by atoms with Crippen LogP contribution in [0.4, 0.5) is 0 Å². The number of hydrogen-bond donors (Lipinski definition) is 2. The Hall–Kier alpha value is -0.750. The number of hydrogen-bond acceptors (Lipinski definition) is 4. The number of amides is 1. The highest BCUT2D eigenvalue weighted by Gasteiger charge is 2.56. The van der Waals surface area contributed by atoms with Crippen molar-refractivity contribution in [2.45, 2.75) is 23.6 Å². The fraction of sp³-hybridized carbons (Fsp3) is 0.778. The summed E-state index contributed by atoms with van der Waals surface area (Å²) in [5.41, 5.74) is 0. The van der Waals surface area contributed by atoms with Crippen LogP contribution in [0.25, 0.3) is 0 Å². The van der Waals surface area contributed by atoms with Crippen LogP contribution in [0.3, 0.4) is 0 Å². The highest BCUT2D eigenvalue weighted by molar-refractivity contribution is 8.01. The standard InChI is InChI=1S/C9H13NO4S/c11-1-2-15-9(8(13)14)4-6-3-7(12)10(6)5-9/h6,11H,1-5H2,(H,13,14). The van der Waals surface area contributed by atoms with E-state index in [0.29, 0.717) is 18.6 Å². The maximum atomic E-state index is 11.2. The molecule has 0 aromatic rings. The fourth-order valence-electron chi connectivity index (χ4n) is 2.20. The van der Waals surface area contributed by atoms with Gasteiger partial charge in [0.2, 0.25) is 5.91 Å².